The second-order valence-electron chi connectivity index (χ2n) is 8.80. The monoisotopic (exact) mass is 423 g/mol. The van der Waals surface area contributed by atoms with Gasteiger partial charge in [0.1, 0.15) is 0 Å². The van der Waals surface area contributed by atoms with E-state index >= 15 is 0 Å². The highest BCUT2D eigenvalue weighted by molar-refractivity contribution is 6.80. The quantitative estimate of drug-likeness (QED) is 0.194. The van der Waals surface area contributed by atoms with Crippen LogP contribution in [0.1, 0.15) is 90.9 Å². The number of hydrogen-bond donors (Lipinski definition) is 0. The first-order valence-electron chi connectivity index (χ1n) is 12.4. The molecule has 0 saturated heterocycles. The molecule has 0 heterocycles. The fourth-order valence-corrected chi connectivity index (χ4v) is 6.09. The van der Waals surface area contributed by atoms with E-state index in [9.17, 15) is 0 Å². The molecule has 0 spiro atoms. The average Bonchev–Trinajstić information content (AvgIpc) is 2.79. The molecule has 1 radical (unpaired) electrons. The normalized spacial score (nSPS) is 12.4. The van der Waals surface area contributed by atoms with Crippen LogP contribution in [0.4, 0.5) is 0 Å². The zero-order valence-electron chi connectivity index (χ0n) is 19.5. The largest absolute Gasteiger partial charge is 0.407 e. The third-order valence-electron chi connectivity index (χ3n) is 5.88. The Kier molecular flexibility index (Phi) is 13.5. The molecule has 1 nitrogen and oxygen atoms in total. The molecule has 0 bridgehead atoms. The highest BCUT2D eigenvalue weighted by atomic mass is 28.3. The maximum atomic E-state index is 6.53. The Morgan fingerprint density at radius 3 is 1.53 bits per heavy atom. The van der Waals surface area contributed by atoms with Gasteiger partial charge < -0.3 is 4.43 Å². The van der Waals surface area contributed by atoms with E-state index in [0.29, 0.717) is 5.92 Å². The molecule has 2 aromatic rings. The Morgan fingerprint density at radius 1 is 0.633 bits per heavy atom. The fourth-order valence-electron chi connectivity index (χ4n) is 3.98. The van der Waals surface area contributed by atoms with E-state index in [2.05, 4.69) is 74.5 Å². The Bertz CT molecular complexity index is 588. The van der Waals surface area contributed by atoms with E-state index in [4.69, 9.17) is 4.43 Å². The van der Waals surface area contributed by atoms with Crippen molar-refractivity contribution in [3.05, 3.63) is 60.7 Å². The number of unbranched alkanes of at least 4 members (excludes halogenated alkanes) is 10. The Hall–Kier alpha value is -1.38. The number of benzene rings is 2. The van der Waals surface area contributed by atoms with Gasteiger partial charge in [0.15, 0.2) is 0 Å². The zero-order chi connectivity index (χ0) is 21.3. The highest BCUT2D eigenvalue weighted by Gasteiger charge is 2.19. The number of rotatable bonds is 17. The molecule has 0 aliphatic carbocycles. The van der Waals surface area contributed by atoms with E-state index in [1.165, 1.54) is 87.4 Å². The molecule has 1 atom stereocenters. The summed E-state index contributed by atoms with van der Waals surface area (Å²) in [5, 5.41) is 2.69. The third kappa shape index (κ3) is 10.6. The molecule has 2 aromatic carbocycles. The minimum Gasteiger partial charge on any atom is -0.407 e. The SMILES string of the molecule is CCCCCCCCCCCCCC(C)CO[Si](c1ccccc1)c1ccccc1. The van der Waals surface area contributed by atoms with Crippen LogP contribution in [0.3, 0.4) is 0 Å². The summed E-state index contributed by atoms with van der Waals surface area (Å²) in [6.45, 7) is 5.51. The van der Waals surface area contributed by atoms with Crippen molar-refractivity contribution in [1.82, 2.24) is 0 Å². The van der Waals surface area contributed by atoms with Crippen molar-refractivity contribution in [2.24, 2.45) is 5.92 Å². The first-order chi connectivity index (χ1) is 14.8. The van der Waals surface area contributed by atoms with Crippen LogP contribution < -0.4 is 10.4 Å². The van der Waals surface area contributed by atoms with Crippen LogP contribution in [0.15, 0.2) is 60.7 Å². The predicted molar refractivity (Wildman–Crippen MR) is 134 cm³/mol. The summed E-state index contributed by atoms with van der Waals surface area (Å²) >= 11 is 0. The lowest BCUT2D eigenvalue weighted by molar-refractivity contribution is 0.257. The molecule has 1 unspecified atom stereocenters. The molecule has 30 heavy (non-hydrogen) atoms. The zero-order valence-corrected chi connectivity index (χ0v) is 20.5. The Morgan fingerprint density at radius 2 is 1.07 bits per heavy atom. The molecule has 0 N–H and O–H groups in total. The van der Waals surface area contributed by atoms with Crippen LogP contribution in [0.5, 0.6) is 0 Å². The molecule has 2 rings (SSSR count). The van der Waals surface area contributed by atoms with Gasteiger partial charge in [-0.3, -0.25) is 0 Å². The second kappa shape index (κ2) is 16.3. The first kappa shape index (κ1) is 24.9. The predicted octanol–water partition coefficient (Wildman–Crippen LogP) is 7.15. The maximum Gasteiger partial charge on any atom is 0.282 e. The number of hydrogen-bond acceptors (Lipinski definition) is 1. The summed E-state index contributed by atoms with van der Waals surface area (Å²) in [5.41, 5.74) is 0. The summed E-state index contributed by atoms with van der Waals surface area (Å²) in [6.07, 6.45) is 16.8. The molecular weight excluding hydrogens is 380 g/mol. The minimum absolute atomic E-state index is 0.635. The summed E-state index contributed by atoms with van der Waals surface area (Å²) in [5.74, 6) is 0.635. The van der Waals surface area contributed by atoms with Crippen LogP contribution in [-0.2, 0) is 4.43 Å². The lowest BCUT2D eigenvalue weighted by Crippen LogP contribution is -2.45. The lowest BCUT2D eigenvalue weighted by Gasteiger charge is -2.19. The van der Waals surface area contributed by atoms with Crippen molar-refractivity contribution in [1.29, 1.82) is 0 Å². The van der Waals surface area contributed by atoms with Gasteiger partial charge in [0, 0.05) is 6.61 Å². The van der Waals surface area contributed by atoms with Crippen LogP contribution >= 0.6 is 0 Å². The van der Waals surface area contributed by atoms with Crippen LogP contribution in [0.2, 0.25) is 0 Å². The summed E-state index contributed by atoms with van der Waals surface area (Å²) in [6, 6.07) is 21.5. The molecule has 2 heteroatoms. The van der Waals surface area contributed by atoms with Gasteiger partial charge in [-0.1, -0.05) is 145 Å². The van der Waals surface area contributed by atoms with Crippen molar-refractivity contribution in [3.8, 4) is 0 Å². The molecule has 165 valence electrons. The van der Waals surface area contributed by atoms with Crippen LogP contribution in [0, 0.1) is 5.92 Å². The van der Waals surface area contributed by atoms with Gasteiger partial charge in [0.05, 0.1) is 0 Å². The molecule has 0 aliphatic heterocycles. The molecule has 0 amide bonds. The fraction of sp³-hybridized carbons (Fsp3) is 0.571. The van der Waals surface area contributed by atoms with Crippen molar-refractivity contribution in [2.75, 3.05) is 6.61 Å². The van der Waals surface area contributed by atoms with Crippen molar-refractivity contribution in [3.63, 3.8) is 0 Å². The van der Waals surface area contributed by atoms with Gasteiger partial charge in [-0.25, -0.2) is 0 Å². The molecular formula is C28H43OSi. The molecule has 0 saturated carbocycles. The van der Waals surface area contributed by atoms with E-state index in [-0.39, 0.29) is 0 Å². The highest BCUT2D eigenvalue weighted by Crippen LogP contribution is 2.14. The molecule has 0 aliphatic rings. The molecule has 0 aromatic heterocycles. The van der Waals surface area contributed by atoms with Crippen LogP contribution in [0.25, 0.3) is 0 Å². The minimum atomic E-state index is -1.15. The lowest BCUT2D eigenvalue weighted by atomic mass is 10.0. The standard InChI is InChI=1S/C28H43OSi/c1-3-4-5-6-7-8-9-10-11-12-15-20-26(2)25-29-30(27-21-16-13-17-22-27)28-23-18-14-19-24-28/h13-14,16-19,21-24,26H,3-12,15,20,25H2,1-2H3. The van der Waals surface area contributed by atoms with Crippen molar-refractivity contribution >= 4 is 19.4 Å². The van der Waals surface area contributed by atoms with Crippen LogP contribution in [-0.4, -0.2) is 15.6 Å². The van der Waals surface area contributed by atoms with Gasteiger partial charge in [0.2, 0.25) is 0 Å². The average molecular weight is 424 g/mol. The second-order valence-corrected chi connectivity index (χ2v) is 10.9. The van der Waals surface area contributed by atoms with Gasteiger partial charge in [-0.05, 0) is 22.7 Å². The van der Waals surface area contributed by atoms with E-state index in [0.717, 1.165) is 6.61 Å². The van der Waals surface area contributed by atoms with Crippen molar-refractivity contribution < 1.29 is 4.43 Å². The van der Waals surface area contributed by atoms with E-state index < -0.39 is 9.04 Å². The van der Waals surface area contributed by atoms with E-state index in [1.54, 1.807) is 0 Å². The Balaban J connectivity index is 1.59. The summed E-state index contributed by atoms with van der Waals surface area (Å²) in [7, 11) is -1.15. The van der Waals surface area contributed by atoms with Gasteiger partial charge in [-0.2, -0.15) is 0 Å². The smallest absolute Gasteiger partial charge is 0.282 e. The maximum absolute atomic E-state index is 6.53. The summed E-state index contributed by atoms with van der Waals surface area (Å²) in [4.78, 5) is 0. The van der Waals surface area contributed by atoms with Gasteiger partial charge >= 0.3 is 0 Å². The topological polar surface area (TPSA) is 9.23 Å². The van der Waals surface area contributed by atoms with Gasteiger partial charge in [-0.15, -0.1) is 0 Å². The van der Waals surface area contributed by atoms with Crippen molar-refractivity contribution in [2.45, 2.75) is 90.9 Å². The van der Waals surface area contributed by atoms with E-state index in [1.807, 2.05) is 0 Å². The first-order valence-corrected chi connectivity index (χ1v) is 13.8. The molecule has 0 fully saturated rings. The third-order valence-corrected chi connectivity index (χ3v) is 8.06. The van der Waals surface area contributed by atoms with Gasteiger partial charge in [0.25, 0.3) is 9.04 Å². The summed E-state index contributed by atoms with van der Waals surface area (Å²) < 4.78 is 6.53. The Labute approximate surface area is 188 Å².